The van der Waals surface area contributed by atoms with Gasteiger partial charge in [-0.15, -0.1) is 0 Å². The minimum atomic E-state index is -1.29. The number of carbonyl (C=O) groups is 17. The van der Waals surface area contributed by atoms with Crippen LogP contribution in [0.3, 0.4) is 0 Å². The summed E-state index contributed by atoms with van der Waals surface area (Å²) in [6.07, 6.45) is 6.29. The first-order valence-corrected chi connectivity index (χ1v) is 32.1. The van der Waals surface area contributed by atoms with Gasteiger partial charge in [0.2, 0.25) is 11.8 Å². The van der Waals surface area contributed by atoms with Crippen LogP contribution >= 0.6 is 0 Å². The van der Waals surface area contributed by atoms with Crippen LogP contribution in [0.5, 0.6) is 0 Å². The van der Waals surface area contributed by atoms with Crippen LogP contribution in [0.25, 0.3) is 0 Å². The molecule has 0 saturated heterocycles. The molecule has 2 amide bonds. The third-order valence-electron chi connectivity index (χ3n) is 11.4. The van der Waals surface area contributed by atoms with Crippen molar-refractivity contribution < 1.29 is 162 Å². The molecule has 1 aromatic heterocycles. The monoisotopic (exact) mass is 1640 g/mol. The highest BCUT2D eigenvalue weighted by Crippen LogP contribution is 2.23. The van der Waals surface area contributed by atoms with Crippen LogP contribution in [-0.4, -0.2) is 280 Å². The molecule has 3 rings (SSSR count). The SMILES string of the molecule is C[C@@H](N)C(=O)O.C[C@@H](N)CC(=O)O.C[C@H](N)C(=O)O.NC(=O)CC(N)C(=O)O.NC(=O)CCC(N)C(=O)O.NC(CC(=O)O)C(=O)O.NC(CCC(=O)O)C(=O)O.NC(Cc1ccc(F)cc1)C(=O)O.NC(Cc1cnc[nH]1)C(=O)O.NC(N)=NCCCC(N)C(=O)O.NCC(=O)O.NCCC(=O)O.N[C@@H]1CCC[C@@H]1C(=O)O. The zero-order chi connectivity index (χ0) is 91.1. The predicted molar refractivity (Wildman–Crippen MR) is 392 cm³/mol. The van der Waals surface area contributed by atoms with Gasteiger partial charge in [-0.25, -0.2) is 9.37 Å². The minimum absolute atomic E-state index is 0.0129. The molecule has 1 aliphatic rings. The number of H-pyrrole nitrogens is 1. The van der Waals surface area contributed by atoms with E-state index in [9.17, 15) is 85.9 Å². The number of nitrogens with zero attached hydrogens (tertiary/aromatic N) is 2. The molecule has 52 nitrogen and oxygen atoms in total. The number of carbonyl (C=O) groups excluding carboxylic acids is 2. The summed E-state index contributed by atoms with van der Waals surface area (Å²) < 4.78 is 12.4. The van der Waals surface area contributed by atoms with E-state index in [1.54, 1.807) is 13.1 Å². The standard InChI is InChI=1S/C9H10FNO2.C6H14N4O2.C6H9N3O2.C6H11NO2.C5H10N2O3.C5H9NO4.C4H8N2O3.C4H7NO4.C4H9NO2.3C3H7NO2.C2H5NO2/c10-7-3-1-6(2-4-7)5-8(11)9(12)13;7-4(5(11)12)2-1-3-10-6(8)9;7-5(6(10)11)1-4-2-8-3-9-4;7-5-3-1-2-4(5)6(8)9;2*6-3(5(9)10)1-2-4(7)8;2*5-2(4(8)9)1-3(6)7;1-3(5)2-4(6)7;2*1-2(4)3(5)6;4-2-1-3(5)6;3-1-2(4)5/h1-4,8H,5,11H2,(H,12,13);4H,1-3,7H2,(H,11,12)(H4,8,9,10);2-3,5H,1,7H2,(H,8,9)(H,10,11);4-5H,1-3,7H2,(H,8,9);3H,1-2,6H2,(H2,7,8)(H,9,10);3H,1-2,6H2,(H,7,8)(H,9,10);2H,1,5H2,(H2,6,7)(H,8,9);2H,1,5H2,(H,6,7)(H,8,9);3H,2,5H2,1H3,(H,6,7);2*2H,4H2,1H3,(H,5,6);1-2,4H2,(H,5,6);1,3H2,(H,4,5)/t;;;4-,5+;;;;;3-;2*2-;;/m...0....110../s1. The third kappa shape index (κ3) is 102. The smallest absolute Gasteiger partial charge is 0.321 e. The molecule has 53 heteroatoms. The number of carboxylic acids is 15. The van der Waals surface area contributed by atoms with E-state index in [2.05, 4.69) is 26.4 Å². The number of benzene rings is 1. The highest BCUT2D eigenvalue weighted by atomic mass is 19.1. The van der Waals surface area contributed by atoms with E-state index in [4.69, 9.17) is 163 Å². The van der Waals surface area contributed by atoms with Crippen LogP contribution in [0.2, 0.25) is 0 Å². The van der Waals surface area contributed by atoms with Crippen LogP contribution in [0.4, 0.5) is 4.39 Å². The number of aliphatic imine (C=N–C) groups is 1. The minimum Gasteiger partial charge on any atom is -0.481 e. The van der Waals surface area contributed by atoms with E-state index in [-0.39, 0.29) is 101 Å². The number of hydrogen-bond acceptors (Lipinski definition) is 32. The van der Waals surface area contributed by atoms with Crippen LogP contribution in [-0.2, 0) is 94.3 Å². The Balaban J connectivity index is -0.000000128. The Morgan fingerprint density at radius 2 is 0.823 bits per heavy atom. The molecular weight excluding hydrogens is 1530 g/mol. The molecule has 12 atom stereocenters. The number of nitrogens with two attached hydrogens (primary N) is 17. The number of aromatic nitrogens is 2. The van der Waals surface area contributed by atoms with Gasteiger partial charge in [-0.05, 0) is 83.4 Å². The fourth-order valence-corrected chi connectivity index (χ4v) is 5.42. The number of aliphatic carboxylic acids is 15. The van der Waals surface area contributed by atoms with Crippen molar-refractivity contribution in [3.05, 3.63) is 53.9 Å². The van der Waals surface area contributed by atoms with E-state index < -0.39 is 162 Å². The number of carboxylic acid groups (broad SMARTS) is 15. The van der Waals surface area contributed by atoms with Gasteiger partial charge in [0, 0.05) is 56.3 Å². The lowest BCUT2D eigenvalue weighted by atomic mass is 10.1. The number of nitrogens with one attached hydrogen (secondary N) is 1. The van der Waals surface area contributed by atoms with Crippen molar-refractivity contribution >= 4 is 107 Å². The van der Waals surface area contributed by atoms with E-state index in [1.807, 2.05) is 0 Å². The first-order valence-electron chi connectivity index (χ1n) is 32.1. The van der Waals surface area contributed by atoms with Crippen molar-refractivity contribution in [1.29, 1.82) is 0 Å². The Hall–Kier alpha value is -11.9. The Bertz CT molecular complexity index is 3030. The number of rotatable bonds is 33. The number of hydrogen-bond donors (Lipinski definition) is 33. The van der Waals surface area contributed by atoms with Crippen molar-refractivity contribution in [2.45, 2.75) is 184 Å². The maximum atomic E-state index is 12.4. The number of aromatic amines is 1. The molecule has 1 aliphatic carbocycles. The number of imidazole rings is 1. The van der Waals surface area contributed by atoms with Gasteiger partial charge in [0.15, 0.2) is 5.96 Å². The molecule has 1 fully saturated rings. The fourth-order valence-electron chi connectivity index (χ4n) is 5.42. The molecule has 652 valence electrons. The molecule has 0 spiro atoms. The molecule has 1 saturated carbocycles. The molecule has 0 bridgehead atoms. The second-order valence-electron chi connectivity index (χ2n) is 22.3. The lowest BCUT2D eigenvalue weighted by Crippen LogP contribution is -2.34. The molecule has 1 heterocycles. The number of primary amides is 2. The van der Waals surface area contributed by atoms with Crippen LogP contribution in [0, 0.1) is 11.7 Å². The Kier molecular flexibility index (Phi) is 81.6. The summed E-state index contributed by atoms with van der Waals surface area (Å²) >= 11 is 0. The first-order chi connectivity index (χ1) is 51.6. The summed E-state index contributed by atoms with van der Waals surface area (Å²) in [4.78, 5) is 179. The van der Waals surface area contributed by atoms with Gasteiger partial charge in [0.25, 0.3) is 0 Å². The van der Waals surface area contributed by atoms with Crippen molar-refractivity contribution in [3.8, 4) is 0 Å². The second kappa shape index (κ2) is 75.5. The summed E-state index contributed by atoms with van der Waals surface area (Å²) in [5, 5.41) is 122. The number of amides is 2. The molecule has 50 N–H and O–H groups in total. The maximum Gasteiger partial charge on any atom is 0.321 e. The van der Waals surface area contributed by atoms with Gasteiger partial charge >= 0.3 is 89.5 Å². The highest BCUT2D eigenvalue weighted by molar-refractivity contribution is 5.83. The van der Waals surface area contributed by atoms with E-state index in [0.717, 1.165) is 30.5 Å². The van der Waals surface area contributed by atoms with Gasteiger partial charge < -0.3 is 179 Å². The topological polar surface area (TPSA) is 1080 Å². The van der Waals surface area contributed by atoms with Crippen molar-refractivity contribution in [1.82, 2.24) is 9.97 Å². The third-order valence-corrected chi connectivity index (χ3v) is 11.4. The predicted octanol–water partition coefficient (Wildman–Crippen LogP) is -9.04. The Labute approximate surface area is 643 Å². The van der Waals surface area contributed by atoms with Crippen LogP contribution < -0.4 is 97.5 Å². The Morgan fingerprint density at radius 3 is 1.04 bits per heavy atom. The van der Waals surface area contributed by atoms with E-state index in [0.29, 0.717) is 19.4 Å². The molecule has 1 aromatic carbocycles. The summed E-state index contributed by atoms with van der Waals surface area (Å²) in [5.74, 6) is -17.2. The van der Waals surface area contributed by atoms with Crippen LogP contribution in [0.15, 0.2) is 41.8 Å². The number of guanidine groups is 1. The highest BCUT2D eigenvalue weighted by Gasteiger charge is 2.29. The summed E-state index contributed by atoms with van der Waals surface area (Å²) in [7, 11) is 0. The van der Waals surface area contributed by atoms with Gasteiger partial charge in [-0.3, -0.25) is 86.5 Å². The average molecular weight is 1650 g/mol. The normalized spacial score (nSPS) is 14.0. The first kappa shape index (κ1) is 122. The quantitative estimate of drug-likeness (QED) is 0.0179. The maximum absolute atomic E-state index is 12.4. The molecule has 0 aliphatic heterocycles. The molecule has 113 heavy (non-hydrogen) atoms. The molecular formula is C60H113FN20O32. The van der Waals surface area contributed by atoms with Crippen molar-refractivity contribution in [3.63, 3.8) is 0 Å². The number of halogens is 1. The molecule has 7 unspecified atom stereocenters. The fraction of sp³-hybridized carbons (Fsp3) is 0.550. The lowest BCUT2D eigenvalue weighted by Gasteiger charge is -2.07. The van der Waals surface area contributed by atoms with Gasteiger partial charge in [-0.1, -0.05) is 18.6 Å². The molecule has 2 aromatic rings. The lowest BCUT2D eigenvalue weighted by molar-refractivity contribution is -0.144. The zero-order valence-electron chi connectivity index (χ0n) is 61.9. The summed E-state index contributed by atoms with van der Waals surface area (Å²) in [6, 6.07) is -3.26. The molecule has 0 radical (unpaired) electrons. The van der Waals surface area contributed by atoms with E-state index in [1.165, 1.54) is 44.4 Å². The van der Waals surface area contributed by atoms with Crippen molar-refractivity contribution in [2.75, 3.05) is 19.6 Å². The van der Waals surface area contributed by atoms with Gasteiger partial charge in [0.05, 0.1) is 44.5 Å². The second-order valence-corrected chi connectivity index (χ2v) is 22.3. The van der Waals surface area contributed by atoms with Gasteiger partial charge in [-0.2, -0.15) is 0 Å². The van der Waals surface area contributed by atoms with Crippen molar-refractivity contribution in [2.24, 2.45) is 108 Å². The largest absolute Gasteiger partial charge is 0.481 e. The zero-order valence-corrected chi connectivity index (χ0v) is 61.9. The van der Waals surface area contributed by atoms with Gasteiger partial charge in [0.1, 0.15) is 60.2 Å². The summed E-state index contributed by atoms with van der Waals surface area (Å²) in [5.41, 5.74) is 86.2. The van der Waals surface area contributed by atoms with Crippen LogP contribution in [0.1, 0.15) is 115 Å². The average Bonchev–Trinajstić information content (AvgIpc) is 1.83. The summed E-state index contributed by atoms with van der Waals surface area (Å²) in [6.45, 7) is 4.87. The Morgan fingerprint density at radius 1 is 0.460 bits per heavy atom. The van der Waals surface area contributed by atoms with E-state index >= 15 is 0 Å².